The Kier molecular flexibility index (Phi) is 6.06. The molecule has 27 heavy (non-hydrogen) atoms. The van der Waals surface area contributed by atoms with Gasteiger partial charge in [-0.25, -0.2) is 0 Å². The fraction of sp³-hybridized carbons (Fsp3) is 0.158. The van der Waals surface area contributed by atoms with Crippen molar-refractivity contribution in [1.82, 2.24) is 10.2 Å². The minimum absolute atomic E-state index is 0.158. The fourth-order valence-corrected chi connectivity index (χ4v) is 3.82. The number of hydrogen-bond donors (Lipinski definition) is 2. The molecule has 3 rings (SSSR count). The van der Waals surface area contributed by atoms with Crippen LogP contribution < -0.4 is 10.6 Å². The Morgan fingerprint density at radius 1 is 1.15 bits per heavy atom. The highest BCUT2D eigenvalue weighted by Gasteiger charge is 2.09. The van der Waals surface area contributed by atoms with Gasteiger partial charge in [0.1, 0.15) is 0 Å². The molecule has 0 fully saturated rings. The number of rotatable bonds is 6. The van der Waals surface area contributed by atoms with Gasteiger partial charge in [-0.1, -0.05) is 35.2 Å². The van der Waals surface area contributed by atoms with Gasteiger partial charge in [-0.2, -0.15) is 5.26 Å². The summed E-state index contributed by atoms with van der Waals surface area (Å²) in [5.41, 5.74) is 4.51. The van der Waals surface area contributed by atoms with Crippen LogP contribution >= 0.6 is 23.1 Å². The first-order valence-electron chi connectivity index (χ1n) is 8.14. The number of nitrogens with one attached hydrogen (secondary N) is 2. The van der Waals surface area contributed by atoms with E-state index in [1.807, 2.05) is 12.1 Å². The summed E-state index contributed by atoms with van der Waals surface area (Å²) in [7, 11) is 0. The lowest BCUT2D eigenvalue weighted by molar-refractivity contribution is -0.113. The van der Waals surface area contributed by atoms with Crippen molar-refractivity contribution in [3.63, 3.8) is 0 Å². The molecule has 1 aromatic heterocycles. The average molecular weight is 396 g/mol. The molecule has 1 amide bonds. The number of anilines is 3. The molecule has 0 radical (unpaired) electrons. The lowest BCUT2D eigenvalue weighted by Gasteiger charge is -2.05. The molecular weight excluding hydrogens is 378 g/mol. The van der Waals surface area contributed by atoms with Gasteiger partial charge in [-0.05, 0) is 55.3 Å². The van der Waals surface area contributed by atoms with Crippen LogP contribution in [0.5, 0.6) is 0 Å². The molecule has 8 heteroatoms. The van der Waals surface area contributed by atoms with E-state index in [4.69, 9.17) is 5.26 Å². The lowest BCUT2D eigenvalue weighted by Crippen LogP contribution is -2.13. The number of carbonyl (C=O) groups is 1. The van der Waals surface area contributed by atoms with E-state index >= 15 is 0 Å². The third-order valence-electron chi connectivity index (χ3n) is 3.77. The second kappa shape index (κ2) is 8.66. The van der Waals surface area contributed by atoms with Crippen LogP contribution in [0.25, 0.3) is 0 Å². The quantitative estimate of drug-likeness (QED) is 0.597. The largest absolute Gasteiger partial charge is 0.330 e. The second-order valence-corrected chi connectivity index (χ2v) is 8.03. The van der Waals surface area contributed by atoms with E-state index in [1.165, 1.54) is 34.2 Å². The molecule has 2 aromatic carbocycles. The molecular formula is C19H17N5OS2. The highest BCUT2D eigenvalue weighted by molar-refractivity contribution is 8.01. The zero-order valence-electron chi connectivity index (χ0n) is 14.8. The summed E-state index contributed by atoms with van der Waals surface area (Å²) in [5.74, 6) is 0.0589. The molecule has 0 aliphatic carbocycles. The van der Waals surface area contributed by atoms with Crippen molar-refractivity contribution < 1.29 is 4.79 Å². The normalized spacial score (nSPS) is 10.3. The van der Waals surface area contributed by atoms with Crippen molar-refractivity contribution in [1.29, 1.82) is 5.26 Å². The molecule has 0 saturated carbocycles. The molecule has 0 unspecified atom stereocenters. The van der Waals surface area contributed by atoms with E-state index in [9.17, 15) is 4.79 Å². The molecule has 3 aromatic rings. The smallest absolute Gasteiger partial charge is 0.234 e. The van der Waals surface area contributed by atoms with Crippen LogP contribution in [-0.4, -0.2) is 21.9 Å². The SMILES string of the molecule is Cc1ccc(Nc2nnc(SCC(=O)Nc3cccc(C#N)c3)s2)cc1C. The molecule has 6 nitrogen and oxygen atoms in total. The maximum absolute atomic E-state index is 12.1. The summed E-state index contributed by atoms with van der Waals surface area (Å²) in [6, 6.07) is 15.0. The number of hydrogen-bond acceptors (Lipinski definition) is 7. The maximum Gasteiger partial charge on any atom is 0.234 e. The Morgan fingerprint density at radius 3 is 2.78 bits per heavy atom. The summed E-state index contributed by atoms with van der Waals surface area (Å²) in [5, 5.41) is 23.8. The van der Waals surface area contributed by atoms with Crippen LogP contribution in [0.4, 0.5) is 16.5 Å². The first-order chi connectivity index (χ1) is 13.0. The third-order valence-corrected chi connectivity index (χ3v) is 5.74. The van der Waals surface area contributed by atoms with Crippen molar-refractivity contribution in [3.8, 4) is 6.07 Å². The van der Waals surface area contributed by atoms with Gasteiger partial charge in [0.05, 0.1) is 17.4 Å². The monoisotopic (exact) mass is 395 g/mol. The summed E-state index contributed by atoms with van der Waals surface area (Å²) < 4.78 is 0.710. The first kappa shape index (κ1) is 18.9. The van der Waals surface area contributed by atoms with Crippen molar-refractivity contribution in [2.45, 2.75) is 18.2 Å². The van der Waals surface area contributed by atoms with E-state index in [2.05, 4.69) is 46.8 Å². The van der Waals surface area contributed by atoms with Gasteiger partial charge in [0.2, 0.25) is 11.0 Å². The molecule has 0 bridgehead atoms. The molecule has 0 aliphatic heterocycles. The van der Waals surface area contributed by atoms with Crippen LogP contribution in [0.15, 0.2) is 46.8 Å². The van der Waals surface area contributed by atoms with Gasteiger partial charge >= 0.3 is 0 Å². The van der Waals surface area contributed by atoms with Crippen molar-refractivity contribution in [3.05, 3.63) is 59.2 Å². The highest BCUT2D eigenvalue weighted by atomic mass is 32.2. The highest BCUT2D eigenvalue weighted by Crippen LogP contribution is 2.28. The van der Waals surface area contributed by atoms with Crippen LogP contribution in [0.1, 0.15) is 16.7 Å². The zero-order chi connectivity index (χ0) is 19.2. The Hall–Kier alpha value is -2.89. The van der Waals surface area contributed by atoms with Gasteiger partial charge < -0.3 is 10.6 Å². The summed E-state index contributed by atoms with van der Waals surface area (Å²) in [6.07, 6.45) is 0. The molecule has 1 heterocycles. The number of nitrogens with zero attached hydrogens (tertiary/aromatic N) is 3. The number of aryl methyl sites for hydroxylation is 2. The topological polar surface area (TPSA) is 90.7 Å². The predicted molar refractivity (Wildman–Crippen MR) is 110 cm³/mol. The number of aromatic nitrogens is 2. The molecule has 2 N–H and O–H groups in total. The lowest BCUT2D eigenvalue weighted by atomic mass is 10.1. The van der Waals surface area contributed by atoms with Gasteiger partial charge in [-0.3, -0.25) is 4.79 Å². The Bertz CT molecular complexity index is 1010. The molecule has 0 atom stereocenters. The van der Waals surface area contributed by atoms with Crippen molar-refractivity contribution in [2.24, 2.45) is 0 Å². The predicted octanol–water partition coefficient (Wildman–Crippen LogP) is 4.50. The van der Waals surface area contributed by atoms with E-state index in [-0.39, 0.29) is 11.7 Å². The Labute approximate surface area is 165 Å². The van der Waals surface area contributed by atoms with Gasteiger partial charge in [0.25, 0.3) is 0 Å². The van der Waals surface area contributed by atoms with Crippen LogP contribution in [0, 0.1) is 25.2 Å². The number of amides is 1. The minimum Gasteiger partial charge on any atom is -0.330 e. The second-order valence-electron chi connectivity index (χ2n) is 5.83. The summed E-state index contributed by atoms with van der Waals surface area (Å²) in [4.78, 5) is 12.1. The zero-order valence-corrected chi connectivity index (χ0v) is 16.4. The summed E-state index contributed by atoms with van der Waals surface area (Å²) in [6.45, 7) is 4.13. The molecule has 0 aliphatic rings. The number of thioether (sulfide) groups is 1. The summed E-state index contributed by atoms with van der Waals surface area (Å²) >= 11 is 2.72. The van der Waals surface area contributed by atoms with Crippen LogP contribution in [0.3, 0.4) is 0 Å². The standard InChI is InChI=1S/C19H17N5OS2/c1-12-6-7-16(8-13(12)2)22-18-23-24-19(27-18)26-11-17(25)21-15-5-3-4-14(9-15)10-20/h3-9H,11H2,1-2H3,(H,21,25)(H,22,23). The van der Waals surface area contributed by atoms with Gasteiger partial charge in [0, 0.05) is 11.4 Å². The fourth-order valence-electron chi connectivity index (χ4n) is 2.25. The van der Waals surface area contributed by atoms with Gasteiger partial charge in [-0.15, -0.1) is 10.2 Å². The number of nitriles is 1. The number of benzene rings is 2. The van der Waals surface area contributed by atoms with E-state index in [0.717, 1.165) is 5.69 Å². The minimum atomic E-state index is -0.158. The third kappa shape index (κ3) is 5.29. The van der Waals surface area contributed by atoms with Crippen molar-refractivity contribution in [2.75, 3.05) is 16.4 Å². The maximum atomic E-state index is 12.1. The molecule has 136 valence electrons. The van der Waals surface area contributed by atoms with Crippen LogP contribution in [0.2, 0.25) is 0 Å². The molecule has 0 saturated heterocycles. The van der Waals surface area contributed by atoms with E-state index < -0.39 is 0 Å². The van der Waals surface area contributed by atoms with Gasteiger partial charge in [0.15, 0.2) is 4.34 Å². The van der Waals surface area contributed by atoms with E-state index in [0.29, 0.717) is 20.7 Å². The Morgan fingerprint density at radius 2 is 2.00 bits per heavy atom. The van der Waals surface area contributed by atoms with Crippen molar-refractivity contribution >= 4 is 45.5 Å². The average Bonchev–Trinajstić information content (AvgIpc) is 3.10. The molecule has 0 spiro atoms. The van der Waals surface area contributed by atoms with E-state index in [1.54, 1.807) is 24.3 Å². The number of carbonyl (C=O) groups excluding carboxylic acids is 1. The first-order valence-corrected chi connectivity index (χ1v) is 9.94. The van der Waals surface area contributed by atoms with Crippen LogP contribution in [-0.2, 0) is 4.79 Å². The Balaban J connectivity index is 1.53.